The highest BCUT2D eigenvalue weighted by Crippen LogP contribution is 2.18. The predicted molar refractivity (Wildman–Crippen MR) is 321 cm³/mol. The molecule has 9 nitrogen and oxygen atoms in total. The Bertz CT molecular complexity index is 1210. The number of carbonyl (C=O) groups excluding carboxylic acids is 2. The van der Waals surface area contributed by atoms with Crippen LogP contribution in [0.15, 0.2) is 5.76 Å². The fraction of sp³-hybridized carbons (Fsp3) is 0.939. The molecular formula is C66H128N2O7. The SMILES string of the molecule is CCCCCCCCCCCCCCCCCCCCCCCOC(=O)CCCCCCCN(CCCCCCCC(=O)O)CCCN(CCO)CCCCCCCC(=C=O)OCCCCCCCCCCCCC. The van der Waals surface area contributed by atoms with Gasteiger partial charge in [-0.05, 0) is 90.5 Å². The Hall–Kier alpha value is -1.93. The summed E-state index contributed by atoms with van der Waals surface area (Å²) in [6.07, 6.45) is 61.9. The van der Waals surface area contributed by atoms with Gasteiger partial charge in [0.1, 0.15) is 0 Å². The molecule has 0 aliphatic rings. The Labute approximate surface area is 466 Å². The maximum Gasteiger partial charge on any atom is 0.305 e. The van der Waals surface area contributed by atoms with Crippen molar-refractivity contribution in [3.63, 3.8) is 0 Å². The molecule has 0 aliphatic carbocycles. The molecule has 0 aromatic heterocycles. The van der Waals surface area contributed by atoms with Crippen LogP contribution in [0.1, 0.15) is 341 Å². The minimum Gasteiger partial charge on any atom is -0.487 e. The fourth-order valence-corrected chi connectivity index (χ4v) is 10.7. The first-order chi connectivity index (χ1) is 37.0. The fourth-order valence-electron chi connectivity index (χ4n) is 10.7. The van der Waals surface area contributed by atoms with E-state index < -0.39 is 5.97 Å². The first-order valence-electron chi connectivity index (χ1n) is 33.3. The molecule has 0 saturated heterocycles. The molecule has 75 heavy (non-hydrogen) atoms. The number of ether oxygens (including phenoxy) is 2. The number of nitrogens with zero attached hydrogens (tertiary/aromatic N) is 2. The van der Waals surface area contributed by atoms with Crippen molar-refractivity contribution < 1.29 is 34.1 Å². The number of carboxylic acids is 1. The van der Waals surface area contributed by atoms with Gasteiger partial charge in [0, 0.05) is 25.8 Å². The third-order valence-corrected chi connectivity index (χ3v) is 15.6. The molecular weight excluding hydrogens is 933 g/mol. The van der Waals surface area contributed by atoms with E-state index in [0.29, 0.717) is 38.4 Å². The molecule has 2 N–H and O–H groups in total. The molecule has 0 aromatic rings. The largest absolute Gasteiger partial charge is 0.487 e. The van der Waals surface area contributed by atoms with Crippen molar-refractivity contribution >= 4 is 17.9 Å². The number of aliphatic carboxylic acids is 1. The van der Waals surface area contributed by atoms with Crippen LogP contribution in [0.25, 0.3) is 0 Å². The van der Waals surface area contributed by atoms with Gasteiger partial charge in [0.2, 0.25) is 0 Å². The van der Waals surface area contributed by atoms with E-state index in [1.165, 1.54) is 199 Å². The Balaban J connectivity index is 4.10. The predicted octanol–water partition coefficient (Wildman–Crippen LogP) is 18.9. The van der Waals surface area contributed by atoms with Crippen molar-refractivity contribution in [2.75, 3.05) is 59.1 Å². The van der Waals surface area contributed by atoms with E-state index in [4.69, 9.17) is 14.6 Å². The van der Waals surface area contributed by atoms with Crippen LogP contribution in [0.4, 0.5) is 0 Å². The highest BCUT2D eigenvalue weighted by Gasteiger charge is 2.10. The van der Waals surface area contributed by atoms with Crippen LogP contribution in [-0.2, 0) is 23.9 Å². The van der Waals surface area contributed by atoms with Gasteiger partial charge in [0.15, 0.2) is 11.7 Å². The maximum absolute atomic E-state index is 12.4. The Kier molecular flexibility index (Phi) is 61.3. The lowest BCUT2D eigenvalue weighted by Crippen LogP contribution is -2.33. The minimum absolute atomic E-state index is 0.0273. The van der Waals surface area contributed by atoms with E-state index in [-0.39, 0.29) is 19.0 Å². The summed E-state index contributed by atoms with van der Waals surface area (Å²) in [4.78, 5) is 39.8. The molecule has 0 amide bonds. The molecule has 444 valence electrons. The van der Waals surface area contributed by atoms with Crippen LogP contribution >= 0.6 is 0 Å². The number of carboxylic acid groups (broad SMARTS) is 1. The zero-order valence-electron chi connectivity index (χ0n) is 50.3. The highest BCUT2D eigenvalue weighted by atomic mass is 16.5. The molecule has 9 heteroatoms. The highest BCUT2D eigenvalue weighted by molar-refractivity contribution is 5.69. The van der Waals surface area contributed by atoms with Crippen LogP contribution < -0.4 is 0 Å². The minimum atomic E-state index is -0.698. The summed E-state index contributed by atoms with van der Waals surface area (Å²) in [6.45, 7) is 11.9. The summed E-state index contributed by atoms with van der Waals surface area (Å²) < 4.78 is 11.4. The molecule has 0 atom stereocenters. The van der Waals surface area contributed by atoms with Gasteiger partial charge < -0.3 is 29.5 Å². The van der Waals surface area contributed by atoms with Gasteiger partial charge in [0.25, 0.3) is 0 Å². The topological polar surface area (TPSA) is 117 Å². The number of allylic oxidation sites excluding steroid dienone is 1. The number of carbonyl (C=O) groups is 2. The van der Waals surface area contributed by atoms with Gasteiger partial charge in [-0.2, -0.15) is 0 Å². The normalized spacial score (nSPS) is 11.5. The lowest BCUT2D eigenvalue weighted by Gasteiger charge is -2.26. The van der Waals surface area contributed by atoms with Crippen LogP contribution in [0.2, 0.25) is 0 Å². The summed E-state index contributed by atoms with van der Waals surface area (Å²) in [7, 11) is 0. The molecule has 0 spiro atoms. The van der Waals surface area contributed by atoms with E-state index in [9.17, 15) is 19.5 Å². The van der Waals surface area contributed by atoms with Gasteiger partial charge in [-0.3, -0.25) is 9.59 Å². The molecule has 0 aromatic carbocycles. The number of hydrogen-bond donors (Lipinski definition) is 2. The second kappa shape index (κ2) is 62.9. The second-order valence-electron chi connectivity index (χ2n) is 22.9. The van der Waals surface area contributed by atoms with Crippen molar-refractivity contribution in [3.8, 4) is 0 Å². The van der Waals surface area contributed by atoms with E-state index >= 15 is 0 Å². The smallest absolute Gasteiger partial charge is 0.305 e. The van der Waals surface area contributed by atoms with Crippen molar-refractivity contribution in [2.24, 2.45) is 0 Å². The maximum atomic E-state index is 12.4. The van der Waals surface area contributed by atoms with Gasteiger partial charge in [-0.25, -0.2) is 4.79 Å². The van der Waals surface area contributed by atoms with E-state index in [2.05, 4.69) is 29.6 Å². The second-order valence-corrected chi connectivity index (χ2v) is 22.9. The van der Waals surface area contributed by atoms with Gasteiger partial charge in [0.05, 0.1) is 19.8 Å². The average Bonchev–Trinajstić information content (AvgIpc) is 3.40. The van der Waals surface area contributed by atoms with Crippen molar-refractivity contribution in [3.05, 3.63) is 5.76 Å². The van der Waals surface area contributed by atoms with Crippen LogP contribution in [0.3, 0.4) is 0 Å². The summed E-state index contributed by atoms with van der Waals surface area (Å²) >= 11 is 0. The Morgan fingerprint density at radius 1 is 0.333 bits per heavy atom. The van der Waals surface area contributed by atoms with E-state index in [1.54, 1.807) is 0 Å². The molecule has 0 aliphatic heterocycles. The number of aliphatic hydroxyl groups excluding tert-OH is 1. The lowest BCUT2D eigenvalue weighted by molar-refractivity contribution is -0.144. The number of esters is 1. The zero-order chi connectivity index (χ0) is 54.4. The van der Waals surface area contributed by atoms with E-state index in [1.807, 2.05) is 0 Å². The van der Waals surface area contributed by atoms with Crippen molar-refractivity contribution in [1.29, 1.82) is 0 Å². The summed E-state index contributed by atoms with van der Waals surface area (Å²) in [6, 6.07) is 0. The molecule has 0 unspecified atom stereocenters. The van der Waals surface area contributed by atoms with Crippen molar-refractivity contribution in [1.82, 2.24) is 9.80 Å². The van der Waals surface area contributed by atoms with E-state index in [0.717, 1.165) is 142 Å². The Morgan fingerprint density at radius 3 is 0.960 bits per heavy atom. The number of aliphatic hydroxyl groups is 1. The average molecular weight is 1060 g/mol. The van der Waals surface area contributed by atoms with Crippen molar-refractivity contribution in [2.45, 2.75) is 341 Å². The van der Waals surface area contributed by atoms with Crippen LogP contribution in [0.5, 0.6) is 0 Å². The van der Waals surface area contributed by atoms with Gasteiger partial charge in [-0.1, -0.05) is 264 Å². The van der Waals surface area contributed by atoms with Gasteiger partial charge in [-0.15, -0.1) is 0 Å². The summed E-state index contributed by atoms with van der Waals surface area (Å²) in [5.74, 6) is 1.82. The quantitative estimate of drug-likeness (QED) is 0.0266. The zero-order valence-corrected chi connectivity index (χ0v) is 50.3. The monoisotopic (exact) mass is 1060 g/mol. The molecule has 0 radical (unpaired) electrons. The standard InChI is InChI=1S/C66H128N2O7/c1-3-5-7-9-11-13-15-16-17-18-19-20-21-22-23-24-26-28-30-41-49-62-75-66(73)53-44-36-33-39-46-55-67(54-45-38-32-35-43-52-65(71)72)57-50-58-68(59-60-69)56-47-37-31-34-42-51-64(63-70)74-61-48-40-29-27-25-14-12-10-8-6-4-2/h69H,3-62H2,1-2H3,(H,71,72). The Morgan fingerprint density at radius 2 is 0.613 bits per heavy atom. The molecule has 0 heterocycles. The molecule has 0 saturated carbocycles. The number of unbranched alkanes of at least 4 members (excludes halogenated alkanes) is 42. The van der Waals surface area contributed by atoms with Crippen LogP contribution in [0, 0.1) is 0 Å². The molecule has 0 rings (SSSR count). The molecule has 0 bridgehead atoms. The lowest BCUT2D eigenvalue weighted by atomic mass is 10.0. The number of hydrogen-bond acceptors (Lipinski definition) is 8. The van der Waals surface area contributed by atoms with Gasteiger partial charge >= 0.3 is 11.9 Å². The first kappa shape index (κ1) is 73.1. The number of rotatable bonds is 65. The summed E-state index contributed by atoms with van der Waals surface area (Å²) in [5.41, 5.74) is 0. The third kappa shape index (κ3) is 59.6. The molecule has 0 fully saturated rings. The van der Waals surface area contributed by atoms with Crippen LogP contribution in [-0.4, -0.2) is 97.0 Å². The third-order valence-electron chi connectivity index (χ3n) is 15.6. The first-order valence-corrected chi connectivity index (χ1v) is 33.3. The summed E-state index contributed by atoms with van der Waals surface area (Å²) in [5, 5.41) is 18.8.